The Labute approximate surface area is 70.0 Å². The zero-order valence-electron chi connectivity index (χ0n) is 6.74. The molecule has 1 unspecified atom stereocenters. The average Bonchev–Trinajstić information content (AvgIpc) is 2.05. The zero-order chi connectivity index (χ0) is 9.19. The third kappa shape index (κ3) is 1.31. The molecule has 1 heterocycles. The van der Waals surface area contributed by atoms with Crippen LogP contribution in [0.2, 0.25) is 0 Å². The Balaban J connectivity index is 2.98. The number of hydrogen-bond donors (Lipinski definition) is 3. The number of nitrogens with one attached hydrogen (secondary N) is 1. The van der Waals surface area contributed by atoms with Crippen LogP contribution in [-0.2, 0) is 4.79 Å². The van der Waals surface area contributed by atoms with Crippen LogP contribution in [0.1, 0.15) is 13.3 Å². The van der Waals surface area contributed by atoms with Crippen molar-refractivity contribution in [1.29, 1.82) is 0 Å². The number of aliphatic carboxylic acids is 1. The van der Waals surface area contributed by atoms with Crippen LogP contribution in [0.5, 0.6) is 0 Å². The quantitative estimate of drug-likeness (QED) is 0.527. The maximum absolute atomic E-state index is 10.6. The van der Waals surface area contributed by atoms with Crippen LogP contribution in [0.4, 0.5) is 0 Å². The van der Waals surface area contributed by atoms with Gasteiger partial charge in [0.2, 0.25) is 0 Å². The van der Waals surface area contributed by atoms with Gasteiger partial charge in [-0.05, 0) is 6.42 Å². The van der Waals surface area contributed by atoms with Crippen LogP contribution in [0.25, 0.3) is 0 Å². The van der Waals surface area contributed by atoms with Gasteiger partial charge in [0, 0.05) is 12.4 Å². The average molecular weight is 169 g/mol. The van der Waals surface area contributed by atoms with Crippen molar-refractivity contribution in [2.24, 2.45) is 10.7 Å². The molecule has 1 rings (SSSR count). The molecule has 0 amide bonds. The predicted molar refractivity (Wildman–Crippen MR) is 44.6 cm³/mol. The number of nitrogens with zero attached hydrogens (tertiary/aromatic N) is 1. The van der Waals surface area contributed by atoms with Crippen molar-refractivity contribution in [3.8, 4) is 0 Å². The zero-order valence-corrected chi connectivity index (χ0v) is 6.74. The Bertz CT molecular complexity index is 259. The van der Waals surface area contributed by atoms with Crippen molar-refractivity contribution in [3.05, 3.63) is 12.4 Å². The maximum atomic E-state index is 10.6. The molecule has 0 radical (unpaired) electrons. The van der Waals surface area contributed by atoms with Crippen molar-refractivity contribution in [1.82, 2.24) is 5.32 Å². The minimum atomic E-state index is -1.09. The van der Waals surface area contributed by atoms with Crippen molar-refractivity contribution >= 4 is 11.7 Å². The molecule has 5 heteroatoms. The molecule has 5 nitrogen and oxygen atoms in total. The third-order valence-electron chi connectivity index (χ3n) is 1.80. The highest BCUT2D eigenvalue weighted by atomic mass is 16.4. The Hall–Kier alpha value is -1.36. The summed E-state index contributed by atoms with van der Waals surface area (Å²) in [6.07, 6.45) is 3.39. The van der Waals surface area contributed by atoms with Gasteiger partial charge in [0.25, 0.3) is 0 Å². The molecule has 4 N–H and O–H groups in total. The highest BCUT2D eigenvalue weighted by Crippen LogP contribution is 2.09. The molecule has 12 heavy (non-hydrogen) atoms. The van der Waals surface area contributed by atoms with E-state index in [0.717, 1.165) is 0 Å². The number of rotatable bonds is 2. The van der Waals surface area contributed by atoms with Crippen LogP contribution >= 0.6 is 0 Å². The maximum Gasteiger partial charge on any atom is 0.354 e. The summed E-state index contributed by atoms with van der Waals surface area (Å²) in [5.74, 6) is -1.09. The Morgan fingerprint density at radius 1 is 1.92 bits per heavy atom. The van der Waals surface area contributed by atoms with E-state index in [1.54, 1.807) is 6.92 Å². The van der Waals surface area contributed by atoms with Gasteiger partial charge in [0.15, 0.2) is 5.71 Å². The molecule has 0 aromatic carbocycles. The van der Waals surface area contributed by atoms with Gasteiger partial charge in [0.1, 0.15) is 5.66 Å². The number of aliphatic imine (C=N–C) groups is 1. The summed E-state index contributed by atoms with van der Waals surface area (Å²) in [5.41, 5.74) is 4.65. The van der Waals surface area contributed by atoms with Crippen LogP contribution in [0.15, 0.2) is 17.4 Å². The highest BCUT2D eigenvalue weighted by Gasteiger charge is 2.34. The van der Waals surface area contributed by atoms with Crippen molar-refractivity contribution in [2.75, 3.05) is 0 Å². The fraction of sp³-hybridized carbons (Fsp3) is 0.429. The SMILES string of the molecule is CCC1(N)NC=CN=C1C(=O)O. The van der Waals surface area contributed by atoms with Gasteiger partial charge in [-0.2, -0.15) is 0 Å². The van der Waals surface area contributed by atoms with Gasteiger partial charge >= 0.3 is 5.97 Å². The summed E-state index contributed by atoms with van der Waals surface area (Å²) in [6.45, 7) is 1.80. The normalized spacial score (nSPS) is 27.7. The standard InChI is InChI=1S/C7H11N3O2/c1-2-7(8)5(6(11)12)9-3-4-10-7/h3-4,10H,2,8H2,1H3,(H,11,12). The second kappa shape index (κ2) is 2.94. The summed E-state index contributed by atoms with van der Waals surface area (Å²) in [5, 5.41) is 11.5. The lowest BCUT2D eigenvalue weighted by Gasteiger charge is -2.29. The van der Waals surface area contributed by atoms with Crippen molar-refractivity contribution in [2.45, 2.75) is 19.0 Å². The first-order chi connectivity index (χ1) is 5.60. The first kappa shape index (κ1) is 8.73. The van der Waals surface area contributed by atoms with E-state index in [1.165, 1.54) is 12.4 Å². The van der Waals surface area contributed by atoms with Crippen LogP contribution in [-0.4, -0.2) is 22.5 Å². The molecule has 0 fully saturated rings. The fourth-order valence-electron chi connectivity index (χ4n) is 0.997. The van der Waals surface area contributed by atoms with Crippen molar-refractivity contribution in [3.63, 3.8) is 0 Å². The summed E-state index contributed by atoms with van der Waals surface area (Å²) >= 11 is 0. The molecule has 1 atom stereocenters. The summed E-state index contributed by atoms with van der Waals surface area (Å²) in [6, 6.07) is 0. The molecule has 1 aliphatic heterocycles. The number of carboxylic acids is 1. The van der Waals surface area contributed by atoms with E-state index in [2.05, 4.69) is 10.3 Å². The Morgan fingerprint density at radius 3 is 3.00 bits per heavy atom. The van der Waals surface area contributed by atoms with Gasteiger partial charge in [-0.1, -0.05) is 6.92 Å². The first-order valence-corrected chi connectivity index (χ1v) is 3.63. The van der Waals surface area contributed by atoms with E-state index in [4.69, 9.17) is 10.8 Å². The van der Waals surface area contributed by atoms with Gasteiger partial charge in [-0.25, -0.2) is 9.79 Å². The van der Waals surface area contributed by atoms with Gasteiger partial charge < -0.3 is 16.2 Å². The van der Waals surface area contributed by atoms with E-state index in [9.17, 15) is 4.79 Å². The lowest BCUT2D eigenvalue weighted by atomic mass is 10.0. The summed E-state index contributed by atoms with van der Waals surface area (Å²) in [7, 11) is 0. The van der Waals surface area contributed by atoms with Crippen LogP contribution in [0, 0.1) is 0 Å². The minimum absolute atomic E-state index is 0.0486. The number of nitrogens with two attached hydrogens (primary N) is 1. The number of hydrogen-bond acceptors (Lipinski definition) is 4. The molecular formula is C7H11N3O2. The molecule has 0 saturated carbocycles. The van der Waals surface area contributed by atoms with E-state index >= 15 is 0 Å². The molecule has 0 aromatic rings. The summed E-state index contributed by atoms with van der Waals surface area (Å²) < 4.78 is 0. The molecule has 0 saturated heterocycles. The summed E-state index contributed by atoms with van der Waals surface area (Å²) in [4.78, 5) is 14.3. The Morgan fingerprint density at radius 2 is 2.58 bits per heavy atom. The molecule has 0 aromatic heterocycles. The third-order valence-corrected chi connectivity index (χ3v) is 1.80. The van der Waals surface area contributed by atoms with E-state index in [-0.39, 0.29) is 5.71 Å². The monoisotopic (exact) mass is 169 g/mol. The molecule has 0 spiro atoms. The molecule has 1 aliphatic rings. The predicted octanol–water partition coefficient (Wildman–Crippen LogP) is -0.349. The van der Waals surface area contributed by atoms with E-state index < -0.39 is 11.6 Å². The van der Waals surface area contributed by atoms with Crippen LogP contribution < -0.4 is 11.1 Å². The topological polar surface area (TPSA) is 87.7 Å². The molecule has 0 aliphatic carbocycles. The smallest absolute Gasteiger partial charge is 0.354 e. The molecular weight excluding hydrogens is 158 g/mol. The number of carbonyl (C=O) groups is 1. The fourth-order valence-corrected chi connectivity index (χ4v) is 0.997. The molecule has 0 bridgehead atoms. The highest BCUT2D eigenvalue weighted by molar-refractivity contribution is 6.39. The minimum Gasteiger partial charge on any atom is -0.477 e. The molecule has 66 valence electrons. The lowest BCUT2D eigenvalue weighted by molar-refractivity contribution is -0.129. The number of carboxylic acid groups (broad SMARTS) is 1. The van der Waals surface area contributed by atoms with Crippen molar-refractivity contribution < 1.29 is 9.90 Å². The van der Waals surface area contributed by atoms with Gasteiger partial charge in [-0.15, -0.1) is 0 Å². The largest absolute Gasteiger partial charge is 0.477 e. The second-order valence-corrected chi connectivity index (χ2v) is 2.57. The van der Waals surface area contributed by atoms with E-state index in [1.807, 2.05) is 0 Å². The van der Waals surface area contributed by atoms with Gasteiger partial charge in [0.05, 0.1) is 0 Å². The van der Waals surface area contributed by atoms with Gasteiger partial charge in [-0.3, -0.25) is 0 Å². The van der Waals surface area contributed by atoms with Crippen LogP contribution in [0.3, 0.4) is 0 Å². The second-order valence-electron chi connectivity index (χ2n) is 2.57. The Kier molecular flexibility index (Phi) is 2.14. The van der Waals surface area contributed by atoms with E-state index in [0.29, 0.717) is 6.42 Å². The lowest BCUT2D eigenvalue weighted by Crippen LogP contribution is -2.60. The first-order valence-electron chi connectivity index (χ1n) is 3.63.